The highest BCUT2D eigenvalue weighted by atomic mass is 15.2. The maximum atomic E-state index is 3.50. The zero-order chi connectivity index (χ0) is 13.4. The van der Waals surface area contributed by atoms with Gasteiger partial charge in [0.05, 0.1) is 0 Å². The number of hydrogen-bond acceptors (Lipinski definition) is 2. The average molecular weight is 270 g/mol. The Labute approximate surface area is 122 Å². The number of fused-ring (bicyclic) bond motifs is 1. The third-order valence-corrected chi connectivity index (χ3v) is 5.44. The Kier molecular flexibility index (Phi) is 3.53. The van der Waals surface area contributed by atoms with Crippen LogP contribution in [-0.4, -0.2) is 36.6 Å². The fourth-order valence-electron chi connectivity index (χ4n) is 4.14. The first-order valence-corrected chi connectivity index (χ1v) is 8.43. The van der Waals surface area contributed by atoms with Crippen LogP contribution in [0.25, 0.3) is 0 Å². The minimum atomic E-state index is 0.787. The first-order valence-electron chi connectivity index (χ1n) is 8.43. The van der Waals surface area contributed by atoms with E-state index in [4.69, 9.17) is 0 Å². The highest BCUT2D eigenvalue weighted by Gasteiger charge is 2.37. The summed E-state index contributed by atoms with van der Waals surface area (Å²) in [5, 5.41) is 3.50. The van der Waals surface area contributed by atoms with Crippen molar-refractivity contribution in [3.05, 3.63) is 35.4 Å². The van der Waals surface area contributed by atoms with Gasteiger partial charge in [0.15, 0.2) is 0 Å². The van der Waals surface area contributed by atoms with Gasteiger partial charge in [-0.15, -0.1) is 0 Å². The van der Waals surface area contributed by atoms with Crippen LogP contribution in [0.1, 0.15) is 36.8 Å². The Hall–Kier alpha value is -0.860. The van der Waals surface area contributed by atoms with Gasteiger partial charge in [0.1, 0.15) is 0 Å². The minimum Gasteiger partial charge on any atom is -0.317 e. The molecule has 1 aromatic carbocycles. The largest absolute Gasteiger partial charge is 0.317 e. The van der Waals surface area contributed by atoms with Crippen LogP contribution in [0.5, 0.6) is 0 Å². The number of benzene rings is 1. The first-order chi connectivity index (χ1) is 9.90. The van der Waals surface area contributed by atoms with E-state index in [9.17, 15) is 0 Å². The van der Waals surface area contributed by atoms with E-state index < -0.39 is 0 Å². The molecule has 0 atom stereocenters. The summed E-state index contributed by atoms with van der Waals surface area (Å²) in [6, 6.07) is 10.8. The Morgan fingerprint density at radius 2 is 1.55 bits per heavy atom. The summed E-state index contributed by atoms with van der Waals surface area (Å²) < 4.78 is 0. The molecule has 2 nitrogen and oxygen atoms in total. The van der Waals surface area contributed by atoms with Gasteiger partial charge in [0.2, 0.25) is 0 Å². The summed E-state index contributed by atoms with van der Waals surface area (Å²) in [6.45, 7) is 3.81. The van der Waals surface area contributed by atoms with Gasteiger partial charge in [0, 0.05) is 18.6 Å². The molecule has 0 aromatic heterocycles. The number of nitrogens with one attached hydrogen (secondary N) is 1. The van der Waals surface area contributed by atoms with Crippen molar-refractivity contribution in [1.29, 1.82) is 0 Å². The van der Waals surface area contributed by atoms with Crippen molar-refractivity contribution in [1.82, 2.24) is 10.2 Å². The van der Waals surface area contributed by atoms with Gasteiger partial charge in [0.25, 0.3) is 0 Å². The SMILES string of the molecule is c1ccc2c(c1)CC(N(CC1CCNCC1)C1CC1)C2. The summed E-state index contributed by atoms with van der Waals surface area (Å²) in [5.74, 6) is 0.931. The van der Waals surface area contributed by atoms with Gasteiger partial charge in [-0.25, -0.2) is 0 Å². The molecule has 2 fully saturated rings. The molecule has 4 rings (SSSR count). The molecule has 1 N–H and O–H groups in total. The highest BCUT2D eigenvalue weighted by Crippen LogP contribution is 2.35. The van der Waals surface area contributed by atoms with Crippen LogP contribution in [0.2, 0.25) is 0 Å². The fraction of sp³-hybridized carbons (Fsp3) is 0.667. The molecule has 0 spiro atoms. The summed E-state index contributed by atoms with van der Waals surface area (Å²) in [7, 11) is 0. The predicted molar refractivity (Wildman–Crippen MR) is 83.0 cm³/mol. The maximum absolute atomic E-state index is 3.50. The lowest BCUT2D eigenvalue weighted by molar-refractivity contribution is 0.146. The first kappa shape index (κ1) is 12.8. The monoisotopic (exact) mass is 270 g/mol. The highest BCUT2D eigenvalue weighted by molar-refractivity contribution is 5.33. The molecule has 1 aromatic rings. The number of rotatable bonds is 4. The second kappa shape index (κ2) is 5.50. The smallest absolute Gasteiger partial charge is 0.0179 e. The molecule has 0 bridgehead atoms. The number of nitrogens with zero attached hydrogens (tertiary/aromatic N) is 1. The molecule has 0 unspecified atom stereocenters. The molecule has 1 heterocycles. The topological polar surface area (TPSA) is 15.3 Å². The van der Waals surface area contributed by atoms with Gasteiger partial charge in [-0.2, -0.15) is 0 Å². The molecule has 2 aliphatic carbocycles. The van der Waals surface area contributed by atoms with Crippen LogP contribution < -0.4 is 5.32 Å². The van der Waals surface area contributed by atoms with E-state index in [0.29, 0.717) is 0 Å². The van der Waals surface area contributed by atoms with Crippen LogP contribution >= 0.6 is 0 Å². The van der Waals surface area contributed by atoms with E-state index in [2.05, 4.69) is 34.5 Å². The number of piperidine rings is 1. The van der Waals surface area contributed by atoms with Gasteiger partial charge in [-0.05, 0) is 68.7 Å². The Morgan fingerprint density at radius 1 is 0.900 bits per heavy atom. The lowest BCUT2D eigenvalue weighted by Gasteiger charge is -2.34. The van der Waals surface area contributed by atoms with E-state index in [1.807, 2.05) is 0 Å². The normalized spacial score (nSPS) is 24.2. The molecule has 3 aliphatic rings. The number of hydrogen-bond donors (Lipinski definition) is 1. The molecular formula is C18H26N2. The van der Waals surface area contributed by atoms with Crippen LogP contribution in [0.4, 0.5) is 0 Å². The molecule has 1 aliphatic heterocycles. The maximum Gasteiger partial charge on any atom is 0.0179 e. The van der Waals surface area contributed by atoms with Gasteiger partial charge in [-0.3, -0.25) is 4.90 Å². The van der Waals surface area contributed by atoms with Crippen LogP contribution in [0.15, 0.2) is 24.3 Å². The fourth-order valence-corrected chi connectivity index (χ4v) is 4.14. The van der Waals surface area contributed by atoms with Crippen LogP contribution in [0, 0.1) is 5.92 Å². The lowest BCUT2D eigenvalue weighted by atomic mass is 9.96. The molecule has 108 valence electrons. The van der Waals surface area contributed by atoms with Crippen LogP contribution in [0.3, 0.4) is 0 Å². The van der Waals surface area contributed by atoms with Crippen molar-refractivity contribution in [2.45, 2.75) is 50.6 Å². The van der Waals surface area contributed by atoms with E-state index in [-0.39, 0.29) is 0 Å². The van der Waals surface area contributed by atoms with E-state index in [1.165, 1.54) is 58.2 Å². The molecule has 0 amide bonds. The molecule has 20 heavy (non-hydrogen) atoms. The third-order valence-electron chi connectivity index (χ3n) is 5.44. The minimum absolute atomic E-state index is 0.787. The van der Waals surface area contributed by atoms with Gasteiger partial charge >= 0.3 is 0 Å². The van der Waals surface area contributed by atoms with E-state index in [0.717, 1.165) is 18.0 Å². The molecular weight excluding hydrogens is 244 g/mol. The molecule has 0 radical (unpaired) electrons. The zero-order valence-electron chi connectivity index (χ0n) is 12.4. The van der Waals surface area contributed by atoms with Crippen molar-refractivity contribution in [3.63, 3.8) is 0 Å². The van der Waals surface area contributed by atoms with Gasteiger partial charge < -0.3 is 5.32 Å². The van der Waals surface area contributed by atoms with Crippen LogP contribution in [-0.2, 0) is 12.8 Å². The Morgan fingerprint density at radius 3 is 2.15 bits per heavy atom. The predicted octanol–water partition coefficient (Wildman–Crippen LogP) is 2.62. The van der Waals surface area contributed by atoms with Gasteiger partial charge in [-0.1, -0.05) is 24.3 Å². The lowest BCUT2D eigenvalue weighted by Crippen LogP contribution is -2.43. The second-order valence-electron chi connectivity index (χ2n) is 6.95. The second-order valence-corrected chi connectivity index (χ2v) is 6.95. The van der Waals surface area contributed by atoms with Crippen molar-refractivity contribution < 1.29 is 0 Å². The van der Waals surface area contributed by atoms with Crippen molar-refractivity contribution in [2.24, 2.45) is 5.92 Å². The molecule has 2 heteroatoms. The summed E-state index contributed by atoms with van der Waals surface area (Å²) in [4.78, 5) is 2.88. The van der Waals surface area contributed by atoms with E-state index >= 15 is 0 Å². The third kappa shape index (κ3) is 2.64. The summed E-state index contributed by atoms with van der Waals surface area (Å²) >= 11 is 0. The van der Waals surface area contributed by atoms with Crippen molar-refractivity contribution in [2.75, 3.05) is 19.6 Å². The zero-order valence-corrected chi connectivity index (χ0v) is 12.4. The molecule has 1 saturated heterocycles. The Balaban J connectivity index is 1.44. The standard InChI is InChI=1S/C18H26N2/c1-2-4-16-12-18(11-15(16)3-1)20(17-5-6-17)13-14-7-9-19-10-8-14/h1-4,14,17-19H,5-13H2. The van der Waals surface area contributed by atoms with E-state index in [1.54, 1.807) is 11.1 Å². The molecule has 1 saturated carbocycles. The van der Waals surface area contributed by atoms with Crippen molar-refractivity contribution >= 4 is 0 Å². The van der Waals surface area contributed by atoms with Crippen molar-refractivity contribution in [3.8, 4) is 0 Å². The summed E-state index contributed by atoms with van der Waals surface area (Å²) in [6.07, 6.45) is 8.22. The Bertz CT molecular complexity index is 435. The average Bonchev–Trinajstić information content (AvgIpc) is 3.24. The summed E-state index contributed by atoms with van der Waals surface area (Å²) in [5.41, 5.74) is 3.21. The quantitative estimate of drug-likeness (QED) is 0.905.